The lowest BCUT2D eigenvalue weighted by Crippen LogP contribution is -2.05. The van der Waals surface area contributed by atoms with Gasteiger partial charge in [-0.3, -0.25) is 0 Å². The molecule has 0 atom stereocenters. The Labute approximate surface area is 171 Å². The molecule has 1 N–H and O–H groups in total. The zero-order chi connectivity index (χ0) is 20.8. The Kier molecular flexibility index (Phi) is 4.25. The molecule has 2 aromatic carbocycles. The Balaban J connectivity index is 1.41. The van der Waals surface area contributed by atoms with Gasteiger partial charge < -0.3 is 23.6 Å². The molecule has 0 fully saturated rings. The van der Waals surface area contributed by atoms with Crippen molar-refractivity contribution in [2.75, 3.05) is 0 Å². The third kappa shape index (κ3) is 3.09. The van der Waals surface area contributed by atoms with Crippen LogP contribution < -0.4 is 15.3 Å². The van der Waals surface area contributed by atoms with Crippen LogP contribution >= 0.6 is 0 Å². The van der Waals surface area contributed by atoms with Crippen molar-refractivity contribution in [1.29, 1.82) is 0 Å². The lowest BCUT2D eigenvalue weighted by atomic mass is 10.1. The second-order valence-corrected chi connectivity index (χ2v) is 7.20. The van der Waals surface area contributed by atoms with E-state index in [2.05, 4.69) is 0 Å². The van der Waals surface area contributed by atoms with Crippen molar-refractivity contribution in [1.82, 2.24) is 0 Å². The predicted octanol–water partition coefficient (Wildman–Crippen LogP) is 4.78. The van der Waals surface area contributed by atoms with Gasteiger partial charge in [0.15, 0.2) is 17.3 Å². The fourth-order valence-electron chi connectivity index (χ4n) is 3.40. The van der Waals surface area contributed by atoms with Crippen LogP contribution in [0.15, 0.2) is 56.1 Å². The van der Waals surface area contributed by atoms with E-state index >= 15 is 0 Å². The summed E-state index contributed by atoms with van der Waals surface area (Å²) in [7, 11) is 0. The van der Waals surface area contributed by atoms with Crippen LogP contribution in [-0.2, 0) is 18.1 Å². The van der Waals surface area contributed by atoms with Crippen LogP contribution in [-0.4, -0.2) is 5.11 Å². The molecule has 7 nitrogen and oxygen atoms in total. The highest BCUT2D eigenvalue weighted by Crippen LogP contribution is 2.35. The van der Waals surface area contributed by atoms with Crippen molar-refractivity contribution in [2.45, 2.75) is 27.1 Å². The van der Waals surface area contributed by atoms with Gasteiger partial charge in [-0.05, 0) is 49.7 Å². The highest BCUT2D eigenvalue weighted by molar-refractivity contribution is 5.84. The van der Waals surface area contributed by atoms with Crippen molar-refractivity contribution < 1.29 is 28.5 Å². The van der Waals surface area contributed by atoms with E-state index < -0.39 is 5.63 Å². The van der Waals surface area contributed by atoms with E-state index in [0.29, 0.717) is 41.6 Å². The Morgan fingerprint density at radius 1 is 1.03 bits per heavy atom. The van der Waals surface area contributed by atoms with E-state index in [4.69, 9.17) is 23.3 Å². The lowest BCUT2D eigenvalue weighted by molar-refractivity contribution is -0.194. The summed E-state index contributed by atoms with van der Waals surface area (Å²) in [6, 6.07) is 13.0. The summed E-state index contributed by atoms with van der Waals surface area (Å²) >= 11 is 0. The number of aromatic hydroxyl groups is 1. The zero-order valence-corrected chi connectivity index (χ0v) is 16.4. The number of furan rings is 1. The van der Waals surface area contributed by atoms with Gasteiger partial charge in [-0.1, -0.05) is 12.1 Å². The number of benzene rings is 2. The standard InChI is InChI=1S/C23H18O7/c1-12-21(24)13(2)23(25)29-22(12)20-9-16-8-17(5-6-18(16)28-20)26-10-14-3-4-15-11-27-30-19(15)7-14/h3-9,24H,10-11H2,1-2H3. The number of fused-ring (bicyclic) bond motifs is 2. The molecule has 2 aromatic heterocycles. The molecular formula is C23H18O7. The summed E-state index contributed by atoms with van der Waals surface area (Å²) in [6.07, 6.45) is 0. The quantitative estimate of drug-likeness (QED) is 0.488. The van der Waals surface area contributed by atoms with E-state index in [1.807, 2.05) is 24.3 Å². The first kappa shape index (κ1) is 18.3. The summed E-state index contributed by atoms with van der Waals surface area (Å²) in [5.74, 6) is 1.86. The molecule has 0 bridgehead atoms. The van der Waals surface area contributed by atoms with Crippen LogP contribution in [0.3, 0.4) is 0 Å². The molecule has 0 amide bonds. The minimum absolute atomic E-state index is 0.0885. The molecule has 0 aliphatic carbocycles. The van der Waals surface area contributed by atoms with Gasteiger partial charge in [-0.25, -0.2) is 4.79 Å². The van der Waals surface area contributed by atoms with Crippen molar-refractivity contribution in [3.8, 4) is 28.8 Å². The number of ether oxygens (including phenoxy) is 1. The molecular weight excluding hydrogens is 388 g/mol. The SMILES string of the molecule is Cc1c(-c2cc3cc(OCc4ccc5c(c4)OOC5)ccc3o2)oc(=O)c(C)c1O. The largest absolute Gasteiger partial charge is 0.507 e. The van der Waals surface area contributed by atoms with Gasteiger partial charge in [-0.15, -0.1) is 0 Å². The first-order valence-corrected chi connectivity index (χ1v) is 9.41. The van der Waals surface area contributed by atoms with Gasteiger partial charge in [0, 0.05) is 16.5 Å². The second kappa shape index (κ2) is 6.96. The van der Waals surface area contributed by atoms with Gasteiger partial charge in [0.05, 0.1) is 5.56 Å². The van der Waals surface area contributed by atoms with Crippen molar-refractivity contribution in [3.05, 3.63) is 75.1 Å². The fourth-order valence-corrected chi connectivity index (χ4v) is 3.40. The van der Waals surface area contributed by atoms with E-state index in [1.165, 1.54) is 6.92 Å². The Hall–Kier alpha value is -3.71. The van der Waals surface area contributed by atoms with Gasteiger partial charge in [0.25, 0.3) is 0 Å². The number of rotatable bonds is 4. The summed E-state index contributed by atoms with van der Waals surface area (Å²) in [4.78, 5) is 22.0. The average molecular weight is 406 g/mol. The topological polar surface area (TPSA) is 91.3 Å². The van der Waals surface area contributed by atoms with Crippen molar-refractivity contribution in [3.63, 3.8) is 0 Å². The Morgan fingerprint density at radius 3 is 2.77 bits per heavy atom. The van der Waals surface area contributed by atoms with E-state index in [1.54, 1.807) is 25.1 Å². The molecule has 0 saturated heterocycles. The minimum Gasteiger partial charge on any atom is -0.507 e. The maximum atomic E-state index is 11.9. The third-order valence-electron chi connectivity index (χ3n) is 5.16. The summed E-state index contributed by atoms with van der Waals surface area (Å²) in [5, 5.41) is 10.9. The molecule has 30 heavy (non-hydrogen) atoms. The van der Waals surface area contributed by atoms with Crippen LogP contribution in [0.25, 0.3) is 22.5 Å². The molecule has 152 valence electrons. The Morgan fingerprint density at radius 2 is 1.90 bits per heavy atom. The van der Waals surface area contributed by atoms with Crippen LogP contribution in [0.5, 0.6) is 17.2 Å². The second-order valence-electron chi connectivity index (χ2n) is 7.20. The smallest absolute Gasteiger partial charge is 0.343 e. The zero-order valence-electron chi connectivity index (χ0n) is 16.4. The van der Waals surface area contributed by atoms with Gasteiger partial charge in [0.2, 0.25) is 0 Å². The third-order valence-corrected chi connectivity index (χ3v) is 5.16. The van der Waals surface area contributed by atoms with E-state index in [9.17, 15) is 9.90 Å². The van der Waals surface area contributed by atoms with Crippen molar-refractivity contribution >= 4 is 11.0 Å². The fraction of sp³-hybridized carbons (Fsp3) is 0.174. The molecule has 0 spiro atoms. The summed E-state index contributed by atoms with van der Waals surface area (Å²) < 4.78 is 17.1. The number of hydrogen-bond acceptors (Lipinski definition) is 7. The van der Waals surface area contributed by atoms with Crippen LogP contribution in [0.2, 0.25) is 0 Å². The van der Waals surface area contributed by atoms with Gasteiger partial charge in [0.1, 0.15) is 30.3 Å². The molecule has 5 rings (SSSR count). The molecule has 1 aliphatic rings. The van der Waals surface area contributed by atoms with Crippen molar-refractivity contribution in [2.24, 2.45) is 0 Å². The highest BCUT2D eigenvalue weighted by atomic mass is 17.2. The molecule has 0 unspecified atom stereocenters. The molecule has 7 heteroatoms. The van der Waals surface area contributed by atoms with Crippen LogP contribution in [0.4, 0.5) is 0 Å². The van der Waals surface area contributed by atoms with Crippen LogP contribution in [0, 0.1) is 13.8 Å². The Bertz CT molecular complexity index is 1330. The first-order chi connectivity index (χ1) is 14.5. The number of hydrogen-bond donors (Lipinski definition) is 1. The average Bonchev–Trinajstić information content (AvgIpc) is 3.39. The summed E-state index contributed by atoms with van der Waals surface area (Å²) in [6.45, 7) is 4.01. The monoisotopic (exact) mass is 406 g/mol. The predicted molar refractivity (Wildman–Crippen MR) is 108 cm³/mol. The minimum atomic E-state index is -0.596. The maximum absolute atomic E-state index is 11.9. The molecule has 0 radical (unpaired) electrons. The molecule has 0 saturated carbocycles. The van der Waals surface area contributed by atoms with E-state index in [0.717, 1.165) is 16.5 Å². The maximum Gasteiger partial charge on any atom is 0.343 e. The first-order valence-electron chi connectivity index (χ1n) is 9.41. The van der Waals surface area contributed by atoms with Gasteiger partial charge >= 0.3 is 5.63 Å². The lowest BCUT2D eigenvalue weighted by Gasteiger charge is -2.07. The molecule has 1 aliphatic heterocycles. The van der Waals surface area contributed by atoms with Crippen LogP contribution in [0.1, 0.15) is 22.3 Å². The normalized spacial score (nSPS) is 12.7. The van der Waals surface area contributed by atoms with E-state index in [-0.39, 0.29) is 17.1 Å². The molecule has 3 heterocycles. The summed E-state index contributed by atoms with van der Waals surface area (Å²) in [5.41, 5.74) is 2.61. The van der Waals surface area contributed by atoms with Gasteiger partial charge in [-0.2, -0.15) is 4.89 Å². The highest BCUT2D eigenvalue weighted by Gasteiger charge is 2.18. The molecule has 4 aromatic rings.